The summed E-state index contributed by atoms with van der Waals surface area (Å²) in [6, 6.07) is 19.8. The van der Waals surface area contributed by atoms with E-state index in [0.29, 0.717) is 42.3 Å². The van der Waals surface area contributed by atoms with Crippen LogP contribution < -0.4 is 9.64 Å². The number of carbonyl (C=O) groups is 2. The van der Waals surface area contributed by atoms with Gasteiger partial charge in [0.1, 0.15) is 5.75 Å². The van der Waals surface area contributed by atoms with Crippen LogP contribution in [0.5, 0.6) is 5.75 Å². The lowest BCUT2D eigenvalue weighted by Crippen LogP contribution is -2.30. The number of halogens is 1. The van der Waals surface area contributed by atoms with Crippen LogP contribution >= 0.6 is 11.6 Å². The average Bonchev–Trinajstić information content (AvgIpc) is 2.76. The largest absolute Gasteiger partial charge is 0.494 e. The third kappa shape index (κ3) is 6.16. The molecule has 0 aliphatic carbocycles. The Morgan fingerprint density at radius 1 is 1.00 bits per heavy atom. The zero-order valence-corrected chi connectivity index (χ0v) is 17.5. The number of ketones is 1. The molecule has 1 aromatic heterocycles. The van der Waals surface area contributed by atoms with Gasteiger partial charge >= 0.3 is 0 Å². The van der Waals surface area contributed by atoms with Crippen molar-refractivity contribution in [2.45, 2.75) is 26.3 Å². The predicted octanol–water partition coefficient (Wildman–Crippen LogP) is 5.33. The van der Waals surface area contributed by atoms with Crippen LogP contribution in [0.2, 0.25) is 5.02 Å². The smallest absolute Gasteiger partial charge is 0.227 e. The summed E-state index contributed by atoms with van der Waals surface area (Å²) >= 11 is 5.99. The third-order valence-electron chi connectivity index (χ3n) is 4.55. The van der Waals surface area contributed by atoms with E-state index in [1.54, 1.807) is 47.5 Å². The van der Waals surface area contributed by atoms with Gasteiger partial charge in [0, 0.05) is 28.9 Å². The molecule has 0 N–H and O–H groups in total. The number of ether oxygens (including phenoxy) is 1. The highest BCUT2D eigenvalue weighted by Gasteiger charge is 2.16. The first-order valence-electron chi connectivity index (χ1n) is 9.72. The fourth-order valence-electron chi connectivity index (χ4n) is 2.93. The summed E-state index contributed by atoms with van der Waals surface area (Å²) in [5, 5.41) is 0.619. The Bertz CT molecular complexity index is 974. The molecule has 0 bridgehead atoms. The van der Waals surface area contributed by atoms with Crippen molar-refractivity contribution in [3.8, 4) is 5.75 Å². The van der Waals surface area contributed by atoms with E-state index in [0.717, 1.165) is 11.4 Å². The Balaban J connectivity index is 1.58. The molecule has 0 aliphatic heterocycles. The molecule has 154 valence electrons. The number of nitrogens with zero attached hydrogens (tertiary/aromatic N) is 2. The van der Waals surface area contributed by atoms with Crippen LogP contribution in [-0.2, 0) is 11.3 Å². The molecule has 0 unspecified atom stereocenters. The van der Waals surface area contributed by atoms with E-state index in [1.807, 2.05) is 30.3 Å². The monoisotopic (exact) mass is 422 g/mol. The Labute approximate surface area is 181 Å². The second-order valence-corrected chi connectivity index (χ2v) is 7.25. The van der Waals surface area contributed by atoms with Crippen molar-refractivity contribution in [2.75, 3.05) is 11.5 Å². The molecule has 0 saturated carbocycles. The topological polar surface area (TPSA) is 59.5 Å². The second kappa shape index (κ2) is 10.6. The molecular formula is C24H23ClN2O3. The molecule has 0 atom stereocenters. The highest BCUT2D eigenvalue weighted by molar-refractivity contribution is 6.30. The van der Waals surface area contributed by atoms with Crippen molar-refractivity contribution in [2.24, 2.45) is 0 Å². The summed E-state index contributed by atoms with van der Waals surface area (Å²) < 4.78 is 5.70. The Morgan fingerprint density at radius 3 is 2.37 bits per heavy atom. The van der Waals surface area contributed by atoms with E-state index in [-0.39, 0.29) is 11.7 Å². The van der Waals surface area contributed by atoms with Crippen molar-refractivity contribution in [3.05, 3.63) is 89.2 Å². The van der Waals surface area contributed by atoms with E-state index in [4.69, 9.17) is 16.3 Å². The average molecular weight is 423 g/mol. The Hall–Kier alpha value is -3.18. The molecule has 0 radical (unpaired) electrons. The quantitative estimate of drug-likeness (QED) is 0.345. The zero-order valence-electron chi connectivity index (χ0n) is 16.8. The molecule has 0 spiro atoms. The summed E-state index contributed by atoms with van der Waals surface area (Å²) in [7, 11) is 0. The summed E-state index contributed by atoms with van der Waals surface area (Å²) in [6.45, 7) is 2.32. The van der Waals surface area contributed by atoms with Crippen LogP contribution in [-0.4, -0.2) is 23.3 Å². The molecule has 0 aliphatic rings. The number of pyridine rings is 1. The first kappa shape index (κ1) is 21.5. The number of aromatic nitrogens is 1. The molecule has 0 fully saturated rings. The number of anilines is 1. The molecular weight excluding hydrogens is 400 g/mol. The molecule has 5 nitrogen and oxygen atoms in total. The molecule has 2 aromatic carbocycles. The minimum atomic E-state index is -0.0153. The highest BCUT2D eigenvalue weighted by Crippen LogP contribution is 2.21. The van der Waals surface area contributed by atoms with Gasteiger partial charge in [-0.1, -0.05) is 17.7 Å². The lowest BCUT2D eigenvalue weighted by atomic mass is 10.1. The van der Waals surface area contributed by atoms with Gasteiger partial charge in [-0.25, -0.2) is 0 Å². The van der Waals surface area contributed by atoms with E-state index in [2.05, 4.69) is 4.98 Å². The van der Waals surface area contributed by atoms with Crippen molar-refractivity contribution in [1.82, 2.24) is 4.98 Å². The van der Waals surface area contributed by atoms with Gasteiger partial charge < -0.3 is 9.64 Å². The van der Waals surface area contributed by atoms with E-state index in [9.17, 15) is 9.59 Å². The zero-order chi connectivity index (χ0) is 21.3. The van der Waals surface area contributed by atoms with Crippen LogP contribution in [0, 0.1) is 0 Å². The Kier molecular flexibility index (Phi) is 7.57. The SMILES string of the molecule is CC(=O)c1ccc(OCCCC(=O)N(Cc2ccccn2)c2ccc(Cl)cc2)cc1. The van der Waals surface area contributed by atoms with Crippen molar-refractivity contribution >= 4 is 29.0 Å². The van der Waals surface area contributed by atoms with Crippen molar-refractivity contribution in [3.63, 3.8) is 0 Å². The van der Waals surface area contributed by atoms with Crippen LogP contribution in [0.4, 0.5) is 5.69 Å². The maximum atomic E-state index is 12.9. The van der Waals surface area contributed by atoms with Crippen molar-refractivity contribution < 1.29 is 14.3 Å². The first-order valence-corrected chi connectivity index (χ1v) is 10.1. The number of hydrogen-bond donors (Lipinski definition) is 0. The standard InChI is InChI=1S/C24H23ClN2O3/c1-18(28)19-7-13-23(14-8-19)30-16-4-6-24(29)27(17-21-5-2-3-15-26-21)22-11-9-20(25)10-12-22/h2-3,5,7-15H,4,6,16-17H2,1H3. The molecule has 0 saturated heterocycles. The van der Waals surface area contributed by atoms with Crippen LogP contribution in [0.3, 0.4) is 0 Å². The normalized spacial score (nSPS) is 10.5. The van der Waals surface area contributed by atoms with E-state index in [1.165, 1.54) is 6.92 Å². The minimum absolute atomic E-state index is 0.0153. The fourth-order valence-corrected chi connectivity index (χ4v) is 3.06. The second-order valence-electron chi connectivity index (χ2n) is 6.81. The summed E-state index contributed by atoms with van der Waals surface area (Å²) in [4.78, 5) is 30.3. The summed E-state index contributed by atoms with van der Waals surface area (Å²) in [6.07, 6.45) is 2.62. The molecule has 3 rings (SSSR count). The highest BCUT2D eigenvalue weighted by atomic mass is 35.5. The van der Waals surface area contributed by atoms with Crippen LogP contribution in [0.25, 0.3) is 0 Å². The number of benzene rings is 2. The first-order chi connectivity index (χ1) is 14.5. The number of carbonyl (C=O) groups excluding carboxylic acids is 2. The van der Waals surface area contributed by atoms with Gasteiger partial charge in [-0.15, -0.1) is 0 Å². The van der Waals surface area contributed by atoms with Gasteiger partial charge in [-0.3, -0.25) is 14.6 Å². The molecule has 1 amide bonds. The maximum Gasteiger partial charge on any atom is 0.227 e. The molecule has 1 heterocycles. The molecule has 3 aromatic rings. The predicted molar refractivity (Wildman–Crippen MR) is 118 cm³/mol. The number of rotatable bonds is 9. The van der Waals surface area contributed by atoms with Gasteiger partial charge in [-0.05, 0) is 74.0 Å². The number of amides is 1. The molecule has 6 heteroatoms. The lowest BCUT2D eigenvalue weighted by molar-refractivity contribution is -0.119. The summed E-state index contributed by atoms with van der Waals surface area (Å²) in [5.41, 5.74) is 2.23. The van der Waals surface area contributed by atoms with Gasteiger partial charge in [0.2, 0.25) is 5.91 Å². The van der Waals surface area contributed by atoms with Gasteiger partial charge in [0.15, 0.2) is 5.78 Å². The van der Waals surface area contributed by atoms with Gasteiger partial charge in [-0.2, -0.15) is 0 Å². The van der Waals surface area contributed by atoms with E-state index < -0.39 is 0 Å². The van der Waals surface area contributed by atoms with Gasteiger partial charge in [0.05, 0.1) is 18.8 Å². The molecule has 30 heavy (non-hydrogen) atoms. The maximum absolute atomic E-state index is 12.9. The lowest BCUT2D eigenvalue weighted by Gasteiger charge is -2.23. The van der Waals surface area contributed by atoms with E-state index >= 15 is 0 Å². The van der Waals surface area contributed by atoms with Crippen LogP contribution in [0.15, 0.2) is 72.9 Å². The van der Waals surface area contributed by atoms with Crippen molar-refractivity contribution in [1.29, 1.82) is 0 Å². The third-order valence-corrected chi connectivity index (χ3v) is 4.80. The van der Waals surface area contributed by atoms with Crippen LogP contribution in [0.1, 0.15) is 35.8 Å². The minimum Gasteiger partial charge on any atom is -0.494 e. The Morgan fingerprint density at radius 2 is 1.73 bits per heavy atom. The summed E-state index contributed by atoms with van der Waals surface area (Å²) in [5.74, 6) is 0.677. The number of hydrogen-bond acceptors (Lipinski definition) is 4. The number of Topliss-reactive ketones (excluding diaryl/α,β-unsaturated/α-hetero) is 1. The van der Waals surface area contributed by atoms with Gasteiger partial charge in [0.25, 0.3) is 0 Å². The fraction of sp³-hybridized carbons (Fsp3) is 0.208.